The Kier molecular flexibility index (Phi) is 5.44. The highest BCUT2D eigenvalue weighted by molar-refractivity contribution is 6.12. The second kappa shape index (κ2) is 8.18. The molecule has 1 aliphatic heterocycles. The average molecular weight is 409 g/mol. The van der Waals surface area contributed by atoms with Crippen LogP contribution >= 0.6 is 0 Å². The lowest BCUT2D eigenvalue weighted by Gasteiger charge is -2.37. The van der Waals surface area contributed by atoms with E-state index in [1.54, 1.807) is 32.2 Å². The molecule has 1 N–H and O–H groups in total. The lowest BCUT2D eigenvalue weighted by molar-refractivity contribution is -0.152. The van der Waals surface area contributed by atoms with Crippen molar-refractivity contribution in [2.45, 2.75) is 31.6 Å². The normalized spacial score (nSPS) is 23.6. The molecule has 7 nitrogen and oxygen atoms in total. The number of carbonyl (C=O) groups excluding carboxylic acids is 3. The molecule has 2 aliphatic rings. The SMILES string of the molecule is CCOC(=O)[C@H]1C(=O)C2=C(C[C@H]1c1ccco1)NC(=O)C[C@H]2c1cccc(OC)c1. The third-order valence-electron chi connectivity index (χ3n) is 5.67. The Hall–Kier alpha value is -3.35. The minimum absolute atomic E-state index is 0.124. The van der Waals surface area contributed by atoms with Gasteiger partial charge in [-0.2, -0.15) is 0 Å². The van der Waals surface area contributed by atoms with E-state index in [0.717, 1.165) is 5.56 Å². The number of allylic oxidation sites excluding steroid dienone is 2. The predicted molar refractivity (Wildman–Crippen MR) is 107 cm³/mol. The van der Waals surface area contributed by atoms with Gasteiger partial charge in [0.25, 0.3) is 0 Å². The molecule has 0 saturated carbocycles. The summed E-state index contributed by atoms with van der Waals surface area (Å²) in [5.41, 5.74) is 1.80. The second-order valence-corrected chi connectivity index (χ2v) is 7.39. The van der Waals surface area contributed by atoms with Crippen molar-refractivity contribution in [1.82, 2.24) is 5.32 Å². The Morgan fingerprint density at radius 3 is 2.73 bits per heavy atom. The number of amides is 1. The van der Waals surface area contributed by atoms with Gasteiger partial charge in [-0.15, -0.1) is 0 Å². The minimum atomic E-state index is -1.02. The third kappa shape index (κ3) is 3.51. The first-order valence-electron chi connectivity index (χ1n) is 9.94. The van der Waals surface area contributed by atoms with Crippen LogP contribution in [-0.2, 0) is 19.1 Å². The summed E-state index contributed by atoms with van der Waals surface area (Å²) >= 11 is 0. The highest BCUT2D eigenvalue weighted by Crippen LogP contribution is 2.46. The van der Waals surface area contributed by atoms with Crippen LogP contribution in [0.1, 0.15) is 42.9 Å². The number of furan rings is 1. The van der Waals surface area contributed by atoms with E-state index in [0.29, 0.717) is 29.2 Å². The van der Waals surface area contributed by atoms with Crippen LogP contribution in [0.5, 0.6) is 5.75 Å². The fourth-order valence-corrected chi connectivity index (χ4v) is 4.37. The Morgan fingerprint density at radius 2 is 2.03 bits per heavy atom. The molecule has 1 aromatic carbocycles. The van der Waals surface area contributed by atoms with Gasteiger partial charge in [0.15, 0.2) is 5.78 Å². The maximum absolute atomic E-state index is 13.6. The summed E-state index contributed by atoms with van der Waals surface area (Å²) in [6, 6.07) is 10.8. The van der Waals surface area contributed by atoms with Gasteiger partial charge in [0.2, 0.25) is 5.91 Å². The van der Waals surface area contributed by atoms with Crippen LogP contribution < -0.4 is 10.1 Å². The van der Waals surface area contributed by atoms with Crippen molar-refractivity contribution < 1.29 is 28.3 Å². The van der Waals surface area contributed by atoms with Crippen LogP contribution in [0, 0.1) is 5.92 Å². The van der Waals surface area contributed by atoms with Gasteiger partial charge in [-0.05, 0) is 43.2 Å². The van der Waals surface area contributed by atoms with E-state index in [-0.39, 0.29) is 24.7 Å². The van der Waals surface area contributed by atoms with Gasteiger partial charge in [-0.1, -0.05) is 12.1 Å². The topological polar surface area (TPSA) is 94.8 Å². The largest absolute Gasteiger partial charge is 0.497 e. The Morgan fingerprint density at radius 1 is 1.20 bits per heavy atom. The third-order valence-corrected chi connectivity index (χ3v) is 5.67. The Balaban J connectivity index is 1.81. The van der Waals surface area contributed by atoms with Crippen LogP contribution in [0.2, 0.25) is 0 Å². The van der Waals surface area contributed by atoms with Gasteiger partial charge >= 0.3 is 5.97 Å². The van der Waals surface area contributed by atoms with E-state index >= 15 is 0 Å². The zero-order valence-corrected chi connectivity index (χ0v) is 16.8. The number of Topliss-reactive ketones (excluding diaryl/α,β-unsaturated/α-hetero) is 1. The van der Waals surface area contributed by atoms with Crippen molar-refractivity contribution in [3.63, 3.8) is 0 Å². The van der Waals surface area contributed by atoms with E-state index in [4.69, 9.17) is 13.9 Å². The number of rotatable bonds is 5. The average Bonchev–Trinajstić information content (AvgIpc) is 3.27. The van der Waals surface area contributed by atoms with Gasteiger partial charge in [0.1, 0.15) is 17.4 Å². The van der Waals surface area contributed by atoms with Gasteiger partial charge in [0.05, 0.1) is 20.0 Å². The van der Waals surface area contributed by atoms with E-state index in [2.05, 4.69) is 5.32 Å². The molecule has 156 valence electrons. The number of carbonyl (C=O) groups is 3. The van der Waals surface area contributed by atoms with Gasteiger partial charge < -0.3 is 19.2 Å². The number of ether oxygens (including phenoxy) is 2. The molecule has 0 fully saturated rings. The quantitative estimate of drug-likeness (QED) is 0.602. The highest BCUT2D eigenvalue weighted by atomic mass is 16.5. The lowest BCUT2D eigenvalue weighted by Crippen LogP contribution is -2.44. The van der Waals surface area contributed by atoms with Gasteiger partial charge in [-0.3, -0.25) is 14.4 Å². The van der Waals surface area contributed by atoms with E-state index in [1.165, 1.54) is 6.26 Å². The predicted octanol–water partition coefficient (Wildman–Crippen LogP) is 3.08. The first-order valence-corrected chi connectivity index (χ1v) is 9.94. The van der Waals surface area contributed by atoms with E-state index in [1.807, 2.05) is 18.2 Å². The van der Waals surface area contributed by atoms with Crippen molar-refractivity contribution in [3.05, 3.63) is 65.3 Å². The number of methoxy groups -OCH3 is 1. The summed E-state index contributed by atoms with van der Waals surface area (Å²) in [6.45, 7) is 1.88. The molecule has 1 amide bonds. The molecule has 30 heavy (non-hydrogen) atoms. The van der Waals surface area contributed by atoms with Crippen molar-refractivity contribution in [3.8, 4) is 5.75 Å². The molecule has 3 atom stereocenters. The number of nitrogens with one attached hydrogen (secondary N) is 1. The molecule has 0 bridgehead atoms. The molecular formula is C23H23NO6. The molecule has 1 aromatic heterocycles. The molecule has 0 radical (unpaired) electrons. The van der Waals surface area contributed by atoms with Crippen LogP contribution in [0.3, 0.4) is 0 Å². The first-order chi connectivity index (χ1) is 14.5. The summed E-state index contributed by atoms with van der Waals surface area (Å²) in [4.78, 5) is 38.9. The summed E-state index contributed by atoms with van der Waals surface area (Å²) in [7, 11) is 1.56. The van der Waals surface area contributed by atoms with Crippen molar-refractivity contribution >= 4 is 17.7 Å². The molecule has 1 aliphatic carbocycles. The van der Waals surface area contributed by atoms with E-state index < -0.39 is 23.7 Å². The van der Waals surface area contributed by atoms with Crippen LogP contribution in [0.4, 0.5) is 0 Å². The number of hydrogen-bond donors (Lipinski definition) is 1. The zero-order chi connectivity index (χ0) is 21.3. The summed E-state index contributed by atoms with van der Waals surface area (Å²) < 4.78 is 16.0. The first kappa shape index (κ1) is 19.9. The highest BCUT2D eigenvalue weighted by Gasteiger charge is 2.48. The van der Waals surface area contributed by atoms with Gasteiger partial charge in [0, 0.05) is 29.5 Å². The van der Waals surface area contributed by atoms with Crippen LogP contribution in [0.15, 0.2) is 58.3 Å². The molecule has 0 saturated heterocycles. The molecule has 0 unspecified atom stereocenters. The maximum Gasteiger partial charge on any atom is 0.317 e. The molecular weight excluding hydrogens is 386 g/mol. The Labute approximate surface area is 174 Å². The second-order valence-electron chi connectivity index (χ2n) is 7.39. The van der Waals surface area contributed by atoms with Crippen LogP contribution in [0.25, 0.3) is 0 Å². The smallest absolute Gasteiger partial charge is 0.317 e. The number of hydrogen-bond acceptors (Lipinski definition) is 6. The Bertz CT molecular complexity index is 1010. The lowest BCUT2D eigenvalue weighted by atomic mass is 9.69. The van der Waals surface area contributed by atoms with Crippen molar-refractivity contribution in [1.29, 1.82) is 0 Å². The molecule has 4 rings (SSSR count). The monoisotopic (exact) mass is 409 g/mol. The molecule has 2 heterocycles. The summed E-state index contributed by atoms with van der Waals surface area (Å²) in [5, 5.41) is 2.86. The number of benzene rings is 1. The number of esters is 1. The summed E-state index contributed by atoms with van der Waals surface area (Å²) in [6.07, 6.45) is 1.94. The maximum atomic E-state index is 13.6. The molecule has 2 aromatic rings. The van der Waals surface area contributed by atoms with Gasteiger partial charge in [-0.25, -0.2) is 0 Å². The number of ketones is 1. The zero-order valence-electron chi connectivity index (χ0n) is 16.8. The standard InChI is InChI=1S/C23H23NO6/c1-3-29-23(27)21-16(18-8-5-9-30-18)11-17-20(22(21)26)15(12-19(25)24-17)13-6-4-7-14(10-13)28-2/h4-10,15-16,21H,3,11-12H2,1-2H3,(H,24,25)/t15-,16-,21+/m0/s1. The van der Waals surface area contributed by atoms with Crippen molar-refractivity contribution in [2.24, 2.45) is 5.92 Å². The minimum Gasteiger partial charge on any atom is -0.497 e. The van der Waals surface area contributed by atoms with Crippen molar-refractivity contribution in [2.75, 3.05) is 13.7 Å². The van der Waals surface area contributed by atoms with E-state index in [9.17, 15) is 14.4 Å². The summed E-state index contributed by atoms with van der Waals surface area (Å²) in [5.74, 6) is -1.91. The fraction of sp³-hybridized carbons (Fsp3) is 0.348. The fourth-order valence-electron chi connectivity index (χ4n) is 4.37. The van der Waals surface area contributed by atoms with Crippen LogP contribution in [-0.4, -0.2) is 31.4 Å². The molecule has 7 heteroatoms. The molecule has 0 spiro atoms.